The predicted octanol–water partition coefficient (Wildman–Crippen LogP) is 3.50. The molecule has 0 bridgehead atoms. The summed E-state index contributed by atoms with van der Waals surface area (Å²) in [6.07, 6.45) is 9.73. The summed E-state index contributed by atoms with van der Waals surface area (Å²) in [7, 11) is 3.56. The van der Waals surface area contributed by atoms with Crippen molar-refractivity contribution in [1.82, 2.24) is 44.0 Å². The first-order valence-corrected chi connectivity index (χ1v) is 18.5. The molecule has 4 aromatic rings. The second kappa shape index (κ2) is 16.4. The van der Waals surface area contributed by atoms with Gasteiger partial charge in [0.25, 0.3) is 5.91 Å². The first-order valence-electron chi connectivity index (χ1n) is 17.2. The van der Waals surface area contributed by atoms with Crippen molar-refractivity contribution in [3.8, 4) is 17.0 Å². The van der Waals surface area contributed by atoms with Crippen LogP contribution in [0.1, 0.15) is 30.1 Å². The number of piperazine rings is 1. The van der Waals surface area contributed by atoms with E-state index in [-0.39, 0.29) is 52.7 Å². The Hall–Kier alpha value is -4.61. The molecule has 0 aliphatic carbocycles. The monoisotopic (exact) mass is 738 g/mol. The lowest BCUT2D eigenvalue weighted by Gasteiger charge is -2.42. The second-order valence-corrected chi connectivity index (χ2v) is 14.3. The highest BCUT2D eigenvalue weighted by Crippen LogP contribution is 2.38. The Balaban J connectivity index is 1.14. The summed E-state index contributed by atoms with van der Waals surface area (Å²) in [6.45, 7) is 4.23. The van der Waals surface area contributed by atoms with Gasteiger partial charge in [-0.3, -0.25) is 24.0 Å². The van der Waals surface area contributed by atoms with E-state index in [1.54, 1.807) is 49.6 Å². The summed E-state index contributed by atoms with van der Waals surface area (Å²) in [4.78, 5) is 52.5. The third kappa shape index (κ3) is 8.70. The van der Waals surface area contributed by atoms with E-state index in [1.807, 2.05) is 11.2 Å². The van der Waals surface area contributed by atoms with Crippen LogP contribution in [0, 0.1) is 5.92 Å². The van der Waals surface area contributed by atoms with Crippen LogP contribution in [0.25, 0.3) is 16.9 Å². The molecule has 2 fully saturated rings. The number of likely N-dealkylation sites (N-methyl/N-ethyl adjacent to an activating group) is 1. The second-order valence-electron chi connectivity index (χ2n) is 13.4. The first-order chi connectivity index (χ1) is 25.0. The van der Waals surface area contributed by atoms with E-state index in [0.717, 1.165) is 43.9 Å². The van der Waals surface area contributed by atoms with Crippen molar-refractivity contribution in [3.05, 3.63) is 54.6 Å². The topological polar surface area (TPSA) is 133 Å². The average Bonchev–Trinajstić information content (AvgIpc) is 3.73. The van der Waals surface area contributed by atoms with Gasteiger partial charge in [0.15, 0.2) is 5.65 Å². The Morgan fingerprint density at radius 3 is 2.62 bits per heavy atom. The molecule has 1 atom stereocenters. The molecule has 1 N–H and O–H groups in total. The van der Waals surface area contributed by atoms with Crippen molar-refractivity contribution in [3.63, 3.8) is 0 Å². The number of benzene rings is 1. The number of piperidine rings is 1. The molecular weight excluding hydrogens is 695 g/mol. The molecular formula is C35H44F2N10O4S. The number of hydrogen-bond acceptors (Lipinski definition) is 10. The lowest BCUT2D eigenvalue weighted by molar-refractivity contribution is -0.134. The van der Waals surface area contributed by atoms with Gasteiger partial charge in [-0.25, -0.2) is 9.50 Å². The number of ether oxygens (including phenoxy) is 1. The van der Waals surface area contributed by atoms with E-state index in [0.29, 0.717) is 31.2 Å². The summed E-state index contributed by atoms with van der Waals surface area (Å²) in [5.41, 5.74) is 1.18. The van der Waals surface area contributed by atoms with Crippen LogP contribution in [0.3, 0.4) is 0 Å². The van der Waals surface area contributed by atoms with E-state index in [1.165, 1.54) is 39.4 Å². The number of amides is 3. The minimum atomic E-state index is -3.08. The smallest absolute Gasteiger partial charge is 0.387 e. The maximum absolute atomic E-state index is 13.6. The molecule has 1 aromatic carbocycles. The summed E-state index contributed by atoms with van der Waals surface area (Å²) in [6, 6.07) is 6.74. The van der Waals surface area contributed by atoms with Crippen molar-refractivity contribution in [1.29, 1.82) is 0 Å². The van der Waals surface area contributed by atoms with Gasteiger partial charge in [0, 0.05) is 88.5 Å². The fourth-order valence-electron chi connectivity index (χ4n) is 6.74. The van der Waals surface area contributed by atoms with Crippen LogP contribution in [-0.2, 0) is 16.1 Å². The molecule has 0 unspecified atom stereocenters. The van der Waals surface area contributed by atoms with E-state index < -0.39 is 12.5 Å². The van der Waals surface area contributed by atoms with Crippen LogP contribution < -0.4 is 10.1 Å². The largest absolute Gasteiger partial charge is 0.434 e. The molecule has 2 aliphatic heterocycles. The Bertz CT molecular complexity index is 1890. The van der Waals surface area contributed by atoms with Gasteiger partial charge in [-0.1, -0.05) is 0 Å². The number of nitrogens with one attached hydrogen (secondary N) is 1. The van der Waals surface area contributed by atoms with Crippen LogP contribution in [0.4, 0.5) is 14.5 Å². The SMILES string of the molecule is CSc1ccc(OC(F)F)c(-c2nn(CC(=O)N3CCC(CN4CCN(CC(=O)N(C)C)[C@H](C)C4)CC3)cc2NC(=O)c2cnn3cccnc23)c1. The van der Waals surface area contributed by atoms with Crippen LogP contribution in [-0.4, -0.2) is 141 Å². The molecule has 6 rings (SSSR count). The Labute approximate surface area is 305 Å². The highest BCUT2D eigenvalue weighted by Gasteiger charge is 2.30. The number of likely N-dealkylation sites (tertiary alicyclic amines) is 1. The number of carbonyl (C=O) groups is 3. The first kappa shape index (κ1) is 37.2. The summed E-state index contributed by atoms with van der Waals surface area (Å²) in [5.74, 6) is -0.209. The zero-order chi connectivity index (χ0) is 36.9. The quantitative estimate of drug-likeness (QED) is 0.216. The molecule has 2 saturated heterocycles. The number of rotatable bonds is 12. The van der Waals surface area contributed by atoms with Crippen LogP contribution in [0.2, 0.25) is 0 Å². The molecule has 52 heavy (non-hydrogen) atoms. The van der Waals surface area contributed by atoms with Crippen molar-refractivity contribution >= 4 is 40.8 Å². The predicted molar refractivity (Wildman–Crippen MR) is 192 cm³/mol. The van der Waals surface area contributed by atoms with E-state index >= 15 is 0 Å². The van der Waals surface area contributed by atoms with Gasteiger partial charge in [0.1, 0.15) is 23.6 Å². The fourth-order valence-corrected chi connectivity index (χ4v) is 7.18. The molecule has 5 heterocycles. The number of carbonyl (C=O) groups excluding carboxylic acids is 3. The maximum atomic E-state index is 13.6. The van der Waals surface area contributed by atoms with Crippen molar-refractivity contribution in [2.45, 2.75) is 43.9 Å². The summed E-state index contributed by atoms with van der Waals surface area (Å²) in [5, 5.41) is 11.7. The van der Waals surface area contributed by atoms with Crippen molar-refractivity contribution < 1.29 is 27.9 Å². The molecule has 278 valence electrons. The van der Waals surface area contributed by atoms with Gasteiger partial charge < -0.3 is 24.8 Å². The van der Waals surface area contributed by atoms with Crippen molar-refractivity contribution in [2.75, 3.05) is 71.5 Å². The lowest BCUT2D eigenvalue weighted by atomic mass is 9.95. The zero-order valence-electron chi connectivity index (χ0n) is 29.7. The van der Waals surface area contributed by atoms with Crippen LogP contribution in [0.5, 0.6) is 5.75 Å². The van der Waals surface area contributed by atoms with Crippen LogP contribution >= 0.6 is 11.8 Å². The molecule has 0 radical (unpaired) electrons. The summed E-state index contributed by atoms with van der Waals surface area (Å²) < 4.78 is 34.7. The minimum Gasteiger partial charge on any atom is -0.434 e. The van der Waals surface area contributed by atoms with Gasteiger partial charge in [-0.15, -0.1) is 11.8 Å². The molecule has 17 heteroatoms. The third-order valence-electron chi connectivity index (χ3n) is 9.66. The van der Waals surface area contributed by atoms with E-state index in [2.05, 4.69) is 37.2 Å². The molecule has 0 saturated carbocycles. The number of fused-ring (bicyclic) bond motifs is 1. The number of nitrogens with zero attached hydrogens (tertiary/aromatic N) is 9. The lowest BCUT2D eigenvalue weighted by Crippen LogP contribution is -2.55. The average molecular weight is 739 g/mol. The standard InChI is InChI=1S/C35H44F2N10O4S/c1-23-18-43(14-15-45(23)21-30(48)42(2)3)19-24-8-12-44(13-9-24)31(49)22-46-20-28(40-34(50)27-17-39-47-11-5-10-38-33(27)47)32(41-46)26-16-25(52-4)6-7-29(26)51-35(36)37/h5-7,10-11,16-17,20,23-24,35H,8-9,12-15,18-19,21-22H2,1-4H3,(H,40,50)/t23-/m1/s1. The van der Waals surface area contributed by atoms with E-state index in [9.17, 15) is 23.2 Å². The van der Waals surface area contributed by atoms with Gasteiger partial charge in [0.05, 0.1) is 18.4 Å². The van der Waals surface area contributed by atoms with Gasteiger partial charge >= 0.3 is 6.61 Å². The molecule has 3 aromatic heterocycles. The number of thioether (sulfide) groups is 1. The Morgan fingerprint density at radius 1 is 1.12 bits per heavy atom. The summed E-state index contributed by atoms with van der Waals surface area (Å²) >= 11 is 1.41. The Morgan fingerprint density at radius 2 is 1.90 bits per heavy atom. The molecule has 14 nitrogen and oxygen atoms in total. The van der Waals surface area contributed by atoms with Crippen LogP contribution in [0.15, 0.2) is 53.9 Å². The number of alkyl halides is 2. The van der Waals surface area contributed by atoms with Gasteiger partial charge in [-0.05, 0) is 56.2 Å². The number of anilines is 1. The Kier molecular flexibility index (Phi) is 11.7. The normalized spacial score (nSPS) is 17.5. The van der Waals surface area contributed by atoms with Crippen molar-refractivity contribution in [2.24, 2.45) is 5.92 Å². The number of halogens is 2. The molecule has 3 amide bonds. The van der Waals surface area contributed by atoms with Gasteiger partial charge in [-0.2, -0.15) is 19.0 Å². The fraction of sp³-hybridized carbons (Fsp3) is 0.486. The maximum Gasteiger partial charge on any atom is 0.387 e. The van der Waals surface area contributed by atoms with E-state index in [4.69, 9.17) is 4.74 Å². The molecule has 2 aliphatic rings. The zero-order valence-corrected chi connectivity index (χ0v) is 30.6. The highest BCUT2D eigenvalue weighted by molar-refractivity contribution is 7.98. The third-order valence-corrected chi connectivity index (χ3v) is 10.4. The highest BCUT2D eigenvalue weighted by atomic mass is 32.2. The minimum absolute atomic E-state index is 0.107. The number of hydrogen-bond donors (Lipinski definition) is 1. The number of aromatic nitrogens is 5. The molecule has 0 spiro atoms. The van der Waals surface area contributed by atoms with Gasteiger partial charge in [0.2, 0.25) is 11.8 Å².